The highest BCUT2D eigenvalue weighted by Crippen LogP contribution is 2.21. The Morgan fingerprint density at radius 2 is 2.31 bits per heavy atom. The van der Waals surface area contributed by atoms with E-state index in [-0.39, 0.29) is 6.04 Å². The average Bonchev–Trinajstić information content (AvgIpc) is 2.67. The van der Waals surface area contributed by atoms with E-state index in [2.05, 4.69) is 31.3 Å². The standard InChI is InChI=1S/C10H12BrN5/c1-16-3-2-14-10(16)9(15-12)7-4-8(11)6-13-5-7/h2-6,9,15H,12H2,1H3. The second-order valence-corrected chi connectivity index (χ2v) is 4.35. The predicted molar refractivity (Wildman–Crippen MR) is 64.3 cm³/mol. The van der Waals surface area contributed by atoms with Crippen molar-refractivity contribution in [1.29, 1.82) is 0 Å². The maximum absolute atomic E-state index is 5.57. The molecule has 16 heavy (non-hydrogen) atoms. The molecule has 5 nitrogen and oxygen atoms in total. The monoisotopic (exact) mass is 281 g/mol. The summed E-state index contributed by atoms with van der Waals surface area (Å²) in [6.45, 7) is 0. The zero-order valence-corrected chi connectivity index (χ0v) is 10.3. The molecule has 2 rings (SSSR count). The summed E-state index contributed by atoms with van der Waals surface area (Å²) in [5.41, 5.74) is 3.71. The fourth-order valence-corrected chi connectivity index (χ4v) is 1.94. The lowest BCUT2D eigenvalue weighted by atomic mass is 10.1. The number of aryl methyl sites for hydroxylation is 1. The molecule has 0 aromatic carbocycles. The summed E-state index contributed by atoms with van der Waals surface area (Å²) in [5, 5.41) is 0. The second-order valence-electron chi connectivity index (χ2n) is 3.43. The number of halogens is 1. The van der Waals surface area contributed by atoms with Crippen molar-refractivity contribution in [2.75, 3.05) is 0 Å². The van der Waals surface area contributed by atoms with Crippen LogP contribution in [0, 0.1) is 0 Å². The molecule has 2 aromatic rings. The van der Waals surface area contributed by atoms with Crippen LogP contribution in [0.4, 0.5) is 0 Å². The first kappa shape index (κ1) is 11.3. The van der Waals surface area contributed by atoms with Crippen LogP contribution in [0.5, 0.6) is 0 Å². The molecule has 0 radical (unpaired) electrons. The summed E-state index contributed by atoms with van der Waals surface area (Å²) in [6.07, 6.45) is 7.12. The van der Waals surface area contributed by atoms with E-state index >= 15 is 0 Å². The number of rotatable bonds is 3. The van der Waals surface area contributed by atoms with Gasteiger partial charge in [0.2, 0.25) is 0 Å². The van der Waals surface area contributed by atoms with E-state index < -0.39 is 0 Å². The van der Waals surface area contributed by atoms with Crippen molar-refractivity contribution in [3.05, 3.63) is 46.7 Å². The average molecular weight is 282 g/mol. The molecule has 0 saturated carbocycles. The Balaban J connectivity index is 2.40. The van der Waals surface area contributed by atoms with Gasteiger partial charge in [-0.1, -0.05) is 0 Å². The van der Waals surface area contributed by atoms with Gasteiger partial charge in [-0.15, -0.1) is 0 Å². The smallest absolute Gasteiger partial charge is 0.131 e. The molecule has 0 spiro atoms. The third kappa shape index (κ3) is 2.13. The summed E-state index contributed by atoms with van der Waals surface area (Å²) in [5.74, 6) is 6.42. The van der Waals surface area contributed by atoms with Gasteiger partial charge < -0.3 is 4.57 Å². The molecule has 0 saturated heterocycles. The summed E-state index contributed by atoms with van der Waals surface area (Å²) < 4.78 is 2.84. The van der Waals surface area contributed by atoms with Crippen LogP contribution in [0.15, 0.2) is 35.3 Å². The molecule has 1 atom stereocenters. The number of nitrogens with zero attached hydrogens (tertiary/aromatic N) is 3. The molecule has 0 bridgehead atoms. The Labute approximate surface area is 102 Å². The third-order valence-corrected chi connectivity index (χ3v) is 2.78. The predicted octanol–water partition coefficient (Wildman–Crippen LogP) is 1.13. The minimum atomic E-state index is -0.162. The van der Waals surface area contributed by atoms with Gasteiger partial charge in [0.15, 0.2) is 0 Å². The minimum Gasteiger partial charge on any atom is -0.336 e. The van der Waals surface area contributed by atoms with Crippen LogP contribution in [-0.2, 0) is 7.05 Å². The third-order valence-electron chi connectivity index (χ3n) is 2.34. The molecule has 2 heterocycles. The van der Waals surface area contributed by atoms with Gasteiger partial charge in [0.25, 0.3) is 0 Å². The van der Waals surface area contributed by atoms with E-state index in [0.717, 1.165) is 15.9 Å². The first-order chi connectivity index (χ1) is 7.72. The molecule has 84 valence electrons. The summed E-state index contributed by atoms with van der Waals surface area (Å²) in [6, 6.07) is 1.80. The highest BCUT2D eigenvalue weighted by Gasteiger charge is 2.16. The fourth-order valence-electron chi connectivity index (χ4n) is 1.56. The lowest BCUT2D eigenvalue weighted by molar-refractivity contribution is 0.578. The summed E-state index contributed by atoms with van der Waals surface area (Å²) in [4.78, 5) is 8.38. The van der Waals surface area contributed by atoms with Crippen molar-refractivity contribution in [2.24, 2.45) is 12.9 Å². The van der Waals surface area contributed by atoms with E-state index in [1.54, 1.807) is 18.6 Å². The molecule has 3 N–H and O–H groups in total. The lowest BCUT2D eigenvalue weighted by Crippen LogP contribution is -2.30. The first-order valence-corrected chi connectivity index (χ1v) is 5.55. The van der Waals surface area contributed by atoms with E-state index in [1.165, 1.54) is 0 Å². The van der Waals surface area contributed by atoms with Gasteiger partial charge in [-0.2, -0.15) is 0 Å². The van der Waals surface area contributed by atoms with Gasteiger partial charge in [0.05, 0.1) is 0 Å². The van der Waals surface area contributed by atoms with Crippen molar-refractivity contribution < 1.29 is 0 Å². The Kier molecular flexibility index (Phi) is 3.33. The maximum atomic E-state index is 5.57. The SMILES string of the molecule is Cn1ccnc1C(NN)c1cncc(Br)c1. The van der Waals surface area contributed by atoms with Crippen molar-refractivity contribution in [3.63, 3.8) is 0 Å². The van der Waals surface area contributed by atoms with Crippen LogP contribution in [0.3, 0.4) is 0 Å². The van der Waals surface area contributed by atoms with Crippen molar-refractivity contribution in [2.45, 2.75) is 6.04 Å². The quantitative estimate of drug-likeness (QED) is 0.654. The summed E-state index contributed by atoms with van der Waals surface area (Å²) >= 11 is 3.38. The zero-order valence-electron chi connectivity index (χ0n) is 8.76. The molecule has 0 fully saturated rings. The van der Waals surface area contributed by atoms with Gasteiger partial charge >= 0.3 is 0 Å². The number of nitrogens with two attached hydrogens (primary N) is 1. The van der Waals surface area contributed by atoms with Gasteiger partial charge in [0, 0.05) is 36.3 Å². The minimum absolute atomic E-state index is 0.162. The molecule has 6 heteroatoms. The Hall–Kier alpha value is -1.24. The molecule has 2 aromatic heterocycles. The topological polar surface area (TPSA) is 68.8 Å². The van der Waals surface area contributed by atoms with Gasteiger partial charge in [0.1, 0.15) is 11.9 Å². The Morgan fingerprint density at radius 3 is 2.88 bits per heavy atom. The van der Waals surface area contributed by atoms with Gasteiger partial charge in [-0.05, 0) is 27.6 Å². The van der Waals surface area contributed by atoms with Crippen molar-refractivity contribution in [3.8, 4) is 0 Å². The highest BCUT2D eigenvalue weighted by molar-refractivity contribution is 9.10. The normalized spacial score (nSPS) is 12.7. The van der Waals surface area contributed by atoms with E-state index in [4.69, 9.17) is 5.84 Å². The second kappa shape index (κ2) is 4.73. The van der Waals surface area contributed by atoms with Crippen LogP contribution in [0.1, 0.15) is 17.4 Å². The molecule has 0 aliphatic rings. The highest BCUT2D eigenvalue weighted by atomic mass is 79.9. The van der Waals surface area contributed by atoms with Gasteiger partial charge in [-0.3, -0.25) is 10.8 Å². The van der Waals surface area contributed by atoms with Crippen molar-refractivity contribution in [1.82, 2.24) is 20.0 Å². The molecule has 0 aliphatic heterocycles. The molecular formula is C10H12BrN5. The van der Waals surface area contributed by atoms with Crippen LogP contribution in [0.25, 0.3) is 0 Å². The van der Waals surface area contributed by atoms with Gasteiger partial charge in [-0.25, -0.2) is 10.4 Å². The molecule has 1 unspecified atom stereocenters. The zero-order chi connectivity index (χ0) is 11.5. The number of nitrogens with one attached hydrogen (secondary N) is 1. The Morgan fingerprint density at radius 1 is 1.50 bits per heavy atom. The molecular weight excluding hydrogens is 270 g/mol. The number of aromatic nitrogens is 3. The number of imidazole rings is 1. The number of hydrogen-bond acceptors (Lipinski definition) is 4. The largest absolute Gasteiger partial charge is 0.336 e. The molecule has 0 amide bonds. The molecule has 0 aliphatic carbocycles. The van der Waals surface area contributed by atoms with Crippen LogP contribution >= 0.6 is 15.9 Å². The maximum Gasteiger partial charge on any atom is 0.131 e. The van der Waals surface area contributed by atoms with Crippen molar-refractivity contribution >= 4 is 15.9 Å². The van der Waals surface area contributed by atoms with Crippen LogP contribution in [0.2, 0.25) is 0 Å². The van der Waals surface area contributed by atoms with E-state index in [9.17, 15) is 0 Å². The first-order valence-electron chi connectivity index (χ1n) is 4.76. The van der Waals surface area contributed by atoms with Crippen LogP contribution in [-0.4, -0.2) is 14.5 Å². The van der Waals surface area contributed by atoms with Crippen LogP contribution < -0.4 is 11.3 Å². The van der Waals surface area contributed by atoms with E-state index in [0.29, 0.717) is 0 Å². The number of pyridine rings is 1. The van der Waals surface area contributed by atoms with E-state index in [1.807, 2.05) is 23.9 Å². The lowest BCUT2D eigenvalue weighted by Gasteiger charge is -2.15. The number of hydrazine groups is 1. The fraction of sp³-hybridized carbons (Fsp3) is 0.200. The Bertz CT molecular complexity index is 482. The summed E-state index contributed by atoms with van der Waals surface area (Å²) in [7, 11) is 1.93. The number of hydrogen-bond donors (Lipinski definition) is 2.